The molecular weight excluding hydrogens is 330 g/mol. The number of aromatic nitrogens is 2. The standard InChI is InChI=1S/C16H15N3O2S2/c1-11-4-6-12(7-5-11)22-10-8-14(20)17-16-19-18-15(21-16)13-3-2-9-23-13/h2-7,9H,8,10H2,1H3,(H,17,19,20). The second-order valence-corrected chi connectivity index (χ2v) is 6.97. The molecule has 0 fully saturated rings. The fourth-order valence-corrected chi connectivity index (χ4v) is 3.35. The number of nitrogens with zero attached hydrogens (tertiary/aromatic N) is 2. The van der Waals surface area contributed by atoms with E-state index in [4.69, 9.17) is 4.42 Å². The third kappa shape index (κ3) is 4.43. The molecule has 1 aromatic carbocycles. The van der Waals surface area contributed by atoms with Crippen molar-refractivity contribution in [3.63, 3.8) is 0 Å². The second-order valence-electron chi connectivity index (χ2n) is 4.85. The molecule has 5 nitrogen and oxygen atoms in total. The zero-order valence-electron chi connectivity index (χ0n) is 12.5. The van der Waals surface area contributed by atoms with Crippen molar-refractivity contribution in [3.05, 3.63) is 47.3 Å². The Hall–Kier alpha value is -2.12. The van der Waals surface area contributed by atoms with Gasteiger partial charge in [0, 0.05) is 17.1 Å². The van der Waals surface area contributed by atoms with Gasteiger partial charge in [0.2, 0.25) is 5.91 Å². The number of thioether (sulfide) groups is 1. The topological polar surface area (TPSA) is 68.0 Å². The maximum Gasteiger partial charge on any atom is 0.322 e. The minimum Gasteiger partial charge on any atom is -0.402 e. The molecule has 0 bridgehead atoms. The van der Waals surface area contributed by atoms with Crippen molar-refractivity contribution in [1.29, 1.82) is 0 Å². The molecule has 0 saturated carbocycles. The zero-order valence-corrected chi connectivity index (χ0v) is 14.1. The van der Waals surface area contributed by atoms with Crippen LogP contribution in [0.3, 0.4) is 0 Å². The molecule has 2 heterocycles. The fraction of sp³-hybridized carbons (Fsp3) is 0.188. The van der Waals surface area contributed by atoms with E-state index in [0.29, 0.717) is 18.1 Å². The second kappa shape index (κ2) is 7.43. The lowest BCUT2D eigenvalue weighted by molar-refractivity contribution is -0.115. The van der Waals surface area contributed by atoms with Crippen molar-refractivity contribution in [3.8, 4) is 10.8 Å². The van der Waals surface area contributed by atoms with E-state index in [9.17, 15) is 4.79 Å². The number of carbonyl (C=O) groups is 1. The van der Waals surface area contributed by atoms with Crippen molar-refractivity contribution in [2.24, 2.45) is 0 Å². The van der Waals surface area contributed by atoms with Gasteiger partial charge < -0.3 is 4.42 Å². The average molecular weight is 345 g/mol. The Kier molecular flexibility index (Phi) is 5.09. The van der Waals surface area contributed by atoms with Crippen LogP contribution in [-0.2, 0) is 4.79 Å². The molecule has 0 aliphatic rings. The first-order chi connectivity index (χ1) is 11.2. The summed E-state index contributed by atoms with van der Waals surface area (Å²) in [4.78, 5) is 13.9. The highest BCUT2D eigenvalue weighted by atomic mass is 32.2. The van der Waals surface area contributed by atoms with Gasteiger partial charge in [0.15, 0.2) is 0 Å². The summed E-state index contributed by atoms with van der Waals surface area (Å²) in [5, 5.41) is 12.3. The van der Waals surface area contributed by atoms with Crippen molar-refractivity contribution in [2.75, 3.05) is 11.1 Å². The van der Waals surface area contributed by atoms with Gasteiger partial charge in [-0.05, 0) is 30.5 Å². The normalized spacial score (nSPS) is 10.7. The van der Waals surface area contributed by atoms with E-state index in [2.05, 4.69) is 46.7 Å². The molecule has 2 aromatic heterocycles. The number of aryl methyl sites for hydroxylation is 1. The third-order valence-corrected chi connectivity index (χ3v) is 4.89. The first-order valence-corrected chi connectivity index (χ1v) is 8.94. The van der Waals surface area contributed by atoms with Gasteiger partial charge in [-0.15, -0.1) is 28.2 Å². The lowest BCUT2D eigenvalue weighted by Crippen LogP contribution is -2.12. The van der Waals surface area contributed by atoms with Crippen molar-refractivity contribution in [2.45, 2.75) is 18.2 Å². The van der Waals surface area contributed by atoms with E-state index in [1.165, 1.54) is 16.9 Å². The molecule has 0 saturated heterocycles. The van der Waals surface area contributed by atoms with Crippen LogP contribution in [0.2, 0.25) is 0 Å². The Morgan fingerprint density at radius 2 is 2.09 bits per heavy atom. The van der Waals surface area contributed by atoms with Crippen LogP contribution < -0.4 is 5.32 Å². The van der Waals surface area contributed by atoms with E-state index in [0.717, 1.165) is 9.77 Å². The van der Waals surface area contributed by atoms with Crippen LogP contribution >= 0.6 is 23.1 Å². The molecular formula is C16H15N3O2S2. The molecule has 0 atom stereocenters. The van der Waals surface area contributed by atoms with Crippen LogP contribution in [0, 0.1) is 6.92 Å². The maximum absolute atomic E-state index is 11.9. The highest BCUT2D eigenvalue weighted by Gasteiger charge is 2.11. The summed E-state index contributed by atoms with van der Waals surface area (Å²) in [6.07, 6.45) is 0.384. The van der Waals surface area contributed by atoms with Crippen LogP contribution in [0.25, 0.3) is 10.8 Å². The van der Waals surface area contributed by atoms with E-state index >= 15 is 0 Å². The van der Waals surface area contributed by atoms with Crippen molar-refractivity contribution < 1.29 is 9.21 Å². The largest absolute Gasteiger partial charge is 0.402 e. The van der Waals surface area contributed by atoms with Crippen molar-refractivity contribution >= 4 is 35.0 Å². The maximum atomic E-state index is 11.9. The van der Waals surface area contributed by atoms with E-state index in [1.54, 1.807) is 11.8 Å². The molecule has 0 aliphatic heterocycles. The molecule has 3 rings (SSSR count). The van der Waals surface area contributed by atoms with E-state index in [1.807, 2.05) is 17.5 Å². The number of benzene rings is 1. The van der Waals surface area contributed by atoms with Gasteiger partial charge in [0.05, 0.1) is 4.88 Å². The first kappa shape index (κ1) is 15.8. The third-order valence-electron chi connectivity index (χ3n) is 3.02. The monoisotopic (exact) mass is 345 g/mol. The fourth-order valence-electron chi connectivity index (χ4n) is 1.85. The molecule has 0 unspecified atom stereocenters. The number of thiophene rings is 1. The Bertz CT molecular complexity index is 767. The van der Waals surface area contributed by atoms with Gasteiger partial charge in [0.25, 0.3) is 5.89 Å². The van der Waals surface area contributed by atoms with Gasteiger partial charge in [0.1, 0.15) is 0 Å². The summed E-state index contributed by atoms with van der Waals surface area (Å²) in [6, 6.07) is 12.2. The summed E-state index contributed by atoms with van der Waals surface area (Å²) in [6.45, 7) is 2.05. The SMILES string of the molecule is Cc1ccc(SCCC(=O)Nc2nnc(-c3cccs3)o2)cc1. The molecule has 118 valence electrons. The highest BCUT2D eigenvalue weighted by molar-refractivity contribution is 7.99. The van der Waals surface area contributed by atoms with Gasteiger partial charge in [-0.1, -0.05) is 28.9 Å². The molecule has 7 heteroatoms. The lowest BCUT2D eigenvalue weighted by atomic mass is 10.2. The predicted octanol–water partition coefficient (Wildman–Crippen LogP) is 4.23. The smallest absolute Gasteiger partial charge is 0.322 e. The summed E-state index contributed by atoms with van der Waals surface area (Å²) in [7, 11) is 0. The molecule has 0 radical (unpaired) electrons. The first-order valence-electron chi connectivity index (χ1n) is 7.07. The van der Waals surface area contributed by atoms with Gasteiger partial charge >= 0.3 is 6.01 Å². The number of hydrogen-bond acceptors (Lipinski definition) is 6. The number of rotatable bonds is 6. The molecule has 23 heavy (non-hydrogen) atoms. The Balaban J connectivity index is 1.47. The number of amides is 1. The Labute approximate surface area is 142 Å². The molecule has 0 aliphatic carbocycles. The average Bonchev–Trinajstić information content (AvgIpc) is 3.20. The van der Waals surface area contributed by atoms with Crippen molar-refractivity contribution in [1.82, 2.24) is 10.2 Å². The molecule has 3 aromatic rings. The Morgan fingerprint density at radius 1 is 1.26 bits per heavy atom. The summed E-state index contributed by atoms with van der Waals surface area (Å²) >= 11 is 3.15. The minimum absolute atomic E-state index is 0.133. The van der Waals surface area contributed by atoms with Crippen LogP contribution in [-0.4, -0.2) is 21.9 Å². The lowest BCUT2D eigenvalue weighted by Gasteiger charge is -2.02. The minimum atomic E-state index is -0.133. The summed E-state index contributed by atoms with van der Waals surface area (Å²) in [5.41, 5.74) is 1.23. The highest BCUT2D eigenvalue weighted by Crippen LogP contribution is 2.24. The molecule has 0 spiro atoms. The molecule has 1 N–H and O–H groups in total. The van der Waals surface area contributed by atoms with Gasteiger partial charge in [-0.25, -0.2) is 0 Å². The summed E-state index contributed by atoms with van der Waals surface area (Å²) in [5.74, 6) is 0.983. The quantitative estimate of drug-likeness (QED) is 0.677. The number of carbonyl (C=O) groups excluding carboxylic acids is 1. The van der Waals surface area contributed by atoms with Gasteiger partial charge in [-0.2, -0.15) is 0 Å². The van der Waals surface area contributed by atoms with E-state index in [-0.39, 0.29) is 11.9 Å². The summed E-state index contributed by atoms with van der Waals surface area (Å²) < 4.78 is 5.43. The van der Waals surface area contributed by atoms with Crippen LogP contribution in [0.1, 0.15) is 12.0 Å². The Morgan fingerprint density at radius 3 is 2.83 bits per heavy atom. The number of anilines is 1. The molecule has 1 amide bonds. The van der Waals surface area contributed by atoms with Gasteiger partial charge in [-0.3, -0.25) is 10.1 Å². The van der Waals surface area contributed by atoms with Crippen LogP contribution in [0.4, 0.5) is 6.01 Å². The van der Waals surface area contributed by atoms with E-state index < -0.39 is 0 Å². The van der Waals surface area contributed by atoms with Crippen LogP contribution in [0.5, 0.6) is 0 Å². The number of hydrogen-bond donors (Lipinski definition) is 1. The number of nitrogens with one attached hydrogen (secondary N) is 1. The van der Waals surface area contributed by atoms with Crippen LogP contribution in [0.15, 0.2) is 51.1 Å². The zero-order chi connectivity index (χ0) is 16.1. The predicted molar refractivity (Wildman–Crippen MR) is 92.8 cm³/mol.